The number of carbonyl (C=O) groups excluding carboxylic acids is 1. The fraction of sp³-hybridized carbons (Fsp3) is 0.364. The largest absolute Gasteiger partial charge is 0.385 e. The second-order valence-corrected chi connectivity index (χ2v) is 4.01. The van der Waals surface area contributed by atoms with Crippen molar-refractivity contribution in [3.05, 3.63) is 30.3 Å². The van der Waals surface area contributed by atoms with E-state index >= 15 is 0 Å². The molecule has 2 nitrogen and oxygen atoms in total. The van der Waals surface area contributed by atoms with Gasteiger partial charge in [-0.05, 0) is 18.6 Å². The lowest BCUT2D eigenvalue weighted by atomic mass is 10.3. The molecule has 1 aromatic carbocycles. The third-order valence-corrected chi connectivity index (χ3v) is 2.64. The molecule has 0 fully saturated rings. The van der Waals surface area contributed by atoms with Crippen molar-refractivity contribution in [2.24, 2.45) is 0 Å². The third-order valence-electron chi connectivity index (χ3n) is 1.70. The van der Waals surface area contributed by atoms with E-state index in [-0.39, 0.29) is 5.12 Å². The molecule has 0 radical (unpaired) electrons. The number of ether oxygens (including phenoxy) is 1. The number of hydrogen-bond donors (Lipinski definition) is 0. The summed E-state index contributed by atoms with van der Waals surface area (Å²) in [5, 5.41) is 0.202. The molecule has 0 saturated carbocycles. The highest BCUT2D eigenvalue weighted by Gasteiger charge is 2.03. The molecule has 0 aliphatic carbocycles. The molecule has 0 aliphatic heterocycles. The standard InChI is InChI=1S/C11H14O2S/c1-13-9-5-8-11(12)14-10-6-3-2-4-7-10/h2-4,6-7H,5,8-9H2,1H3. The van der Waals surface area contributed by atoms with Crippen molar-refractivity contribution in [3.63, 3.8) is 0 Å². The highest BCUT2D eigenvalue weighted by Crippen LogP contribution is 2.19. The fourth-order valence-corrected chi connectivity index (χ4v) is 1.83. The van der Waals surface area contributed by atoms with E-state index in [0.717, 1.165) is 11.3 Å². The minimum absolute atomic E-state index is 0.202. The number of carbonyl (C=O) groups is 1. The molecule has 1 rings (SSSR count). The Morgan fingerprint density at radius 1 is 1.36 bits per heavy atom. The molecule has 0 unspecified atom stereocenters. The maximum Gasteiger partial charge on any atom is 0.193 e. The lowest BCUT2D eigenvalue weighted by molar-refractivity contribution is -0.111. The first-order valence-electron chi connectivity index (χ1n) is 4.57. The average Bonchev–Trinajstić information content (AvgIpc) is 2.20. The zero-order chi connectivity index (χ0) is 10.2. The van der Waals surface area contributed by atoms with E-state index in [1.54, 1.807) is 7.11 Å². The molecule has 14 heavy (non-hydrogen) atoms. The van der Waals surface area contributed by atoms with Gasteiger partial charge in [0.2, 0.25) is 0 Å². The normalized spacial score (nSPS) is 10.1. The Labute approximate surface area is 88.7 Å². The number of thioether (sulfide) groups is 1. The van der Waals surface area contributed by atoms with Crippen LogP contribution in [0.25, 0.3) is 0 Å². The Bertz CT molecular complexity index is 272. The zero-order valence-corrected chi connectivity index (χ0v) is 9.05. The predicted octanol–water partition coefficient (Wildman–Crippen LogP) is 2.73. The Balaban J connectivity index is 2.27. The second kappa shape index (κ2) is 6.62. The Kier molecular flexibility index (Phi) is 5.33. The van der Waals surface area contributed by atoms with Crippen LogP contribution in [-0.2, 0) is 9.53 Å². The van der Waals surface area contributed by atoms with Crippen LogP contribution in [0.5, 0.6) is 0 Å². The van der Waals surface area contributed by atoms with Gasteiger partial charge >= 0.3 is 0 Å². The number of hydrogen-bond acceptors (Lipinski definition) is 3. The topological polar surface area (TPSA) is 26.3 Å². The van der Waals surface area contributed by atoms with E-state index in [0.29, 0.717) is 13.0 Å². The molecular weight excluding hydrogens is 196 g/mol. The number of benzene rings is 1. The molecule has 0 aromatic heterocycles. The van der Waals surface area contributed by atoms with E-state index in [1.807, 2.05) is 30.3 Å². The summed E-state index contributed by atoms with van der Waals surface area (Å²) in [6.45, 7) is 0.654. The monoisotopic (exact) mass is 210 g/mol. The van der Waals surface area contributed by atoms with Gasteiger partial charge < -0.3 is 4.74 Å². The Morgan fingerprint density at radius 2 is 2.07 bits per heavy atom. The third kappa shape index (κ3) is 4.44. The minimum Gasteiger partial charge on any atom is -0.385 e. The predicted molar refractivity (Wildman–Crippen MR) is 58.4 cm³/mol. The summed E-state index contributed by atoms with van der Waals surface area (Å²) in [6, 6.07) is 9.70. The summed E-state index contributed by atoms with van der Waals surface area (Å²) in [5.74, 6) is 0. The van der Waals surface area contributed by atoms with Gasteiger partial charge in [-0.2, -0.15) is 0 Å². The van der Waals surface area contributed by atoms with Crippen molar-refractivity contribution < 1.29 is 9.53 Å². The quantitative estimate of drug-likeness (QED) is 0.552. The molecular formula is C11H14O2S. The van der Waals surface area contributed by atoms with E-state index in [4.69, 9.17) is 4.74 Å². The van der Waals surface area contributed by atoms with E-state index < -0.39 is 0 Å². The van der Waals surface area contributed by atoms with Gasteiger partial charge in [0.1, 0.15) is 0 Å². The van der Waals surface area contributed by atoms with Gasteiger partial charge in [-0.3, -0.25) is 4.79 Å². The fourth-order valence-electron chi connectivity index (χ4n) is 1.03. The Hall–Kier alpha value is -0.800. The van der Waals surface area contributed by atoms with Crippen LogP contribution < -0.4 is 0 Å². The summed E-state index contributed by atoms with van der Waals surface area (Å²) < 4.78 is 4.88. The van der Waals surface area contributed by atoms with Crippen LogP contribution in [0.4, 0.5) is 0 Å². The number of methoxy groups -OCH3 is 1. The highest BCUT2D eigenvalue weighted by molar-refractivity contribution is 8.13. The molecule has 0 bridgehead atoms. The summed E-state index contributed by atoms with van der Waals surface area (Å²) >= 11 is 1.30. The van der Waals surface area contributed by atoms with Crippen molar-refractivity contribution in [1.82, 2.24) is 0 Å². The van der Waals surface area contributed by atoms with E-state index in [9.17, 15) is 4.79 Å². The van der Waals surface area contributed by atoms with E-state index in [1.165, 1.54) is 11.8 Å². The first-order chi connectivity index (χ1) is 6.83. The van der Waals surface area contributed by atoms with Gasteiger partial charge in [-0.1, -0.05) is 30.0 Å². The van der Waals surface area contributed by atoms with Crippen molar-refractivity contribution in [2.45, 2.75) is 17.7 Å². The lowest BCUT2D eigenvalue weighted by Crippen LogP contribution is -1.95. The molecule has 0 N–H and O–H groups in total. The van der Waals surface area contributed by atoms with Crippen molar-refractivity contribution in [2.75, 3.05) is 13.7 Å². The van der Waals surface area contributed by atoms with Gasteiger partial charge in [0.25, 0.3) is 0 Å². The summed E-state index contributed by atoms with van der Waals surface area (Å²) in [6.07, 6.45) is 1.38. The maximum absolute atomic E-state index is 11.4. The van der Waals surface area contributed by atoms with Crippen LogP contribution in [-0.4, -0.2) is 18.8 Å². The van der Waals surface area contributed by atoms with Gasteiger partial charge in [-0.15, -0.1) is 0 Å². The van der Waals surface area contributed by atoms with Crippen LogP contribution in [0, 0.1) is 0 Å². The smallest absolute Gasteiger partial charge is 0.193 e. The molecule has 0 atom stereocenters. The SMILES string of the molecule is COCCCC(=O)Sc1ccccc1. The van der Waals surface area contributed by atoms with Crippen LogP contribution >= 0.6 is 11.8 Å². The zero-order valence-electron chi connectivity index (χ0n) is 8.23. The first kappa shape index (κ1) is 11.3. The summed E-state index contributed by atoms with van der Waals surface area (Å²) in [5.41, 5.74) is 0. The minimum atomic E-state index is 0.202. The highest BCUT2D eigenvalue weighted by atomic mass is 32.2. The van der Waals surface area contributed by atoms with Gasteiger partial charge in [0.05, 0.1) is 0 Å². The van der Waals surface area contributed by atoms with Crippen LogP contribution in [0.15, 0.2) is 35.2 Å². The molecule has 0 spiro atoms. The summed E-state index contributed by atoms with van der Waals surface area (Å²) in [4.78, 5) is 12.4. The van der Waals surface area contributed by atoms with Crippen LogP contribution in [0.3, 0.4) is 0 Å². The Morgan fingerprint density at radius 3 is 2.71 bits per heavy atom. The maximum atomic E-state index is 11.4. The second-order valence-electron chi connectivity index (χ2n) is 2.88. The van der Waals surface area contributed by atoms with Crippen molar-refractivity contribution in [3.8, 4) is 0 Å². The molecule has 0 amide bonds. The van der Waals surface area contributed by atoms with Crippen LogP contribution in [0.1, 0.15) is 12.8 Å². The van der Waals surface area contributed by atoms with Gasteiger partial charge in [0.15, 0.2) is 5.12 Å². The molecule has 3 heteroatoms. The van der Waals surface area contributed by atoms with Crippen molar-refractivity contribution in [1.29, 1.82) is 0 Å². The molecule has 0 saturated heterocycles. The van der Waals surface area contributed by atoms with E-state index in [2.05, 4.69) is 0 Å². The van der Waals surface area contributed by atoms with Crippen molar-refractivity contribution >= 4 is 16.9 Å². The van der Waals surface area contributed by atoms with Gasteiger partial charge in [0, 0.05) is 25.0 Å². The molecule has 1 aromatic rings. The average molecular weight is 210 g/mol. The lowest BCUT2D eigenvalue weighted by Gasteiger charge is -1.99. The van der Waals surface area contributed by atoms with Gasteiger partial charge in [-0.25, -0.2) is 0 Å². The molecule has 0 heterocycles. The molecule has 0 aliphatic rings. The van der Waals surface area contributed by atoms with Crippen LogP contribution in [0.2, 0.25) is 0 Å². The summed E-state index contributed by atoms with van der Waals surface area (Å²) in [7, 11) is 1.65. The number of rotatable bonds is 5. The molecule has 76 valence electrons. The first-order valence-corrected chi connectivity index (χ1v) is 5.39.